The van der Waals surface area contributed by atoms with Gasteiger partial charge in [0.25, 0.3) is 0 Å². The SMILES string of the molecule is CC(C)(C)OC(=O)N1CCC(N2C(=O)NCc3cccc(C(F)(F)F)c32)CC1. The van der Waals surface area contributed by atoms with Crippen molar-refractivity contribution in [2.75, 3.05) is 18.0 Å². The molecule has 1 fully saturated rings. The number of alkyl halides is 3. The highest BCUT2D eigenvalue weighted by molar-refractivity contribution is 5.96. The van der Waals surface area contributed by atoms with E-state index in [1.54, 1.807) is 26.8 Å². The Hall–Kier alpha value is -2.45. The predicted molar refractivity (Wildman–Crippen MR) is 97.0 cm³/mol. The Morgan fingerprint density at radius 3 is 2.39 bits per heavy atom. The van der Waals surface area contributed by atoms with Crippen LogP contribution >= 0.6 is 0 Å². The summed E-state index contributed by atoms with van der Waals surface area (Å²) in [6.07, 6.45) is -4.26. The molecule has 0 radical (unpaired) electrons. The molecule has 1 aromatic carbocycles. The number of nitrogens with one attached hydrogen (secondary N) is 1. The summed E-state index contributed by atoms with van der Waals surface area (Å²) in [6.45, 7) is 5.99. The predicted octanol–water partition coefficient (Wildman–Crippen LogP) is 4.13. The first-order valence-electron chi connectivity index (χ1n) is 9.21. The fourth-order valence-corrected chi connectivity index (χ4v) is 3.59. The van der Waals surface area contributed by atoms with Crippen LogP contribution < -0.4 is 10.2 Å². The van der Waals surface area contributed by atoms with Crippen molar-refractivity contribution in [3.8, 4) is 0 Å². The van der Waals surface area contributed by atoms with Crippen molar-refractivity contribution in [1.82, 2.24) is 10.2 Å². The molecular formula is C19H24F3N3O3. The number of halogens is 3. The lowest BCUT2D eigenvalue weighted by molar-refractivity contribution is -0.137. The number of hydrogen-bond donors (Lipinski definition) is 1. The maximum absolute atomic E-state index is 13.5. The highest BCUT2D eigenvalue weighted by atomic mass is 19.4. The second-order valence-electron chi connectivity index (χ2n) is 8.04. The molecule has 0 aliphatic carbocycles. The lowest BCUT2D eigenvalue weighted by Gasteiger charge is -2.42. The zero-order chi connectivity index (χ0) is 20.7. The first-order chi connectivity index (χ1) is 13.0. The van der Waals surface area contributed by atoms with Crippen LogP contribution in [0.3, 0.4) is 0 Å². The largest absolute Gasteiger partial charge is 0.444 e. The number of likely N-dealkylation sites (tertiary alicyclic amines) is 1. The van der Waals surface area contributed by atoms with Gasteiger partial charge in [0, 0.05) is 25.7 Å². The number of rotatable bonds is 1. The molecular weight excluding hydrogens is 375 g/mol. The number of amides is 3. The average molecular weight is 399 g/mol. The van der Waals surface area contributed by atoms with E-state index in [4.69, 9.17) is 4.74 Å². The van der Waals surface area contributed by atoms with Crippen LogP contribution in [-0.4, -0.2) is 41.8 Å². The lowest BCUT2D eigenvalue weighted by atomic mass is 9.97. The van der Waals surface area contributed by atoms with Crippen LogP contribution in [0.4, 0.5) is 28.4 Å². The van der Waals surface area contributed by atoms with Crippen LogP contribution in [0, 0.1) is 0 Å². The molecule has 1 N–H and O–H groups in total. The van der Waals surface area contributed by atoms with Gasteiger partial charge in [-0.3, -0.25) is 4.90 Å². The van der Waals surface area contributed by atoms with Crippen LogP contribution in [0.15, 0.2) is 18.2 Å². The molecule has 3 amide bonds. The molecule has 0 saturated carbocycles. The average Bonchev–Trinajstić information content (AvgIpc) is 2.59. The second-order valence-corrected chi connectivity index (χ2v) is 8.04. The van der Waals surface area contributed by atoms with Gasteiger partial charge >= 0.3 is 18.3 Å². The molecule has 3 rings (SSSR count). The van der Waals surface area contributed by atoms with Gasteiger partial charge < -0.3 is 15.0 Å². The number of hydrogen-bond acceptors (Lipinski definition) is 3. The minimum absolute atomic E-state index is 0.0609. The summed E-state index contributed by atoms with van der Waals surface area (Å²) in [6, 6.07) is 2.97. The normalized spacial score (nSPS) is 18.6. The van der Waals surface area contributed by atoms with E-state index in [9.17, 15) is 22.8 Å². The summed E-state index contributed by atoms with van der Waals surface area (Å²) in [7, 11) is 0. The van der Waals surface area contributed by atoms with Crippen molar-refractivity contribution in [3.05, 3.63) is 29.3 Å². The number of para-hydroxylation sites is 1. The van der Waals surface area contributed by atoms with E-state index in [0.717, 1.165) is 6.07 Å². The maximum Gasteiger partial charge on any atom is 0.418 e. The third-order valence-electron chi connectivity index (χ3n) is 4.80. The van der Waals surface area contributed by atoms with E-state index in [1.165, 1.54) is 15.9 Å². The Morgan fingerprint density at radius 2 is 1.82 bits per heavy atom. The number of nitrogens with zero attached hydrogens (tertiary/aromatic N) is 2. The fraction of sp³-hybridized carbons (Fsp3) is 0.579. The van der Waals surface area contributed by atoms with Crippen molar-refractivity contribution in [1.29, 1.82) is 0 Å². The molecule has 0 unspecified atom stereocenters. The Labute approximate surface area is 161 Å². The molecule has 1 saturated heterocycles. The van der Waals surface area contributed by atoms with Gasteiger partial charge in [0.1, 0.15) is 5.60 Å². The van der Waals surface area contributed by atoms with Gasteiger partial charge in [-0.05, 0) is 45.2 Å². The molecule has 0 atom stereocenters. The van der Waals surface area contributed by atoms with Crippen LogP contribution in [0.25, 0.3) is 0 Å². The minimum Gasteiger partial charge on any atom is -0.444 e. The van der Waals surface area contributed by atoms with Crippen LogP contribution in [0.1, 0.15) is 44.7 Å². The van der Waals surface area contributed by atoms with Gasteiger partial charge in [0.05, 0.1) is 11.3 Å². The molecule has 28 heavy (non-hydrogen) atoms. The number of carbonyl (C=O) groups is 2. The van der Waals surface area contributed by atoms with Crippen molar-refractivity contribution < 1.29 is 27.5 Å². The molecule has 0 spiro atoms. The highest BCUT2D eigenvalue weighted by Crippen LogP contribution is 2.41. The Morgan fingerprint density at radius 1 is 1.18 bits per heavy atom. The van der Waals surface area contributed by atoms with Crippen molar-refractivity contribution in [2.24, 2.45) is 0 Å². The third kappa shape index (κ3) is 4.18. The number of fused-ring (bicyclic) bond motifs is 1. The number of ether oxygens (including phenoxy) is 1. The number of urea groups is 1. The number of benzene rings is 1. The Kier molecular flexibility index (Phi) is 5.20. The monoisotopic (exact) mass is 399 g/mol. The molecule has 1 aromatic rings. The molecule has 2 heterocycles. The van der Waals surface area contributed by atoms with E-state index in [0.29, 0.717) is 31.5 Å². The fourth-order valence-electron chi connectivity index (χ4n) is 3.59. The Balaban J connectivity index is 1.81. The van der Waals surface area contributed by atoms with E-state index in [1.807, 2.05) is 0 Å². The summed E-state index contributed by atoms with van der Waals surface area (Å²) in [5.41, 5.74) is -1.07. The van der Waals surface area contributed by atoms with Crippen LogP contribution in [0.2, 0.25) is 0 Å². The quantitative estimate of drug-likeness (QED) is 0.772. The van der Waals surface area contributed by atoms with Gasteiger partial charge in [-0.1, -0.05) is 12.1 Å². The summed E-state index contributed by atoms with van der Waals surface area (Å²) in [5.74, 6) is 0. The molecule has 154 valence electrons. The Bertz CT molecular complexity index is 766. The van der Waals surface area contributed by atoms with Crippen LogP contribution in [0.5, 0.6) is 0 Å². The topological polar surface area (TPSA) is 61.9 Å². The summed E-state index contributed by atoms with van der Waals surface area (Å²) < 4.78 is 46.0. The lowest BCUT2D eigenvalue weighted by Crippen LogP contribution is -2.54. The molecule has 6 nitrogen and oxygen atoms in total. The molecule has 0 aromatic heterocycles. The molecule has 0 bridgehead atoms. The smallest absolute Gasteiger partial charge is 0.418 e. The van der Waals surface area contributed by atoms with Crippen molar-refractivity contribution >= 4 is 17.8 Å². The second kappa shape index (κ2) is 7.18. The van der Waals surface area contributed by atoms with Gasteiger partial charge in [-0.25, -0.2) is 9.59 Å². The molecule has 2 aliphatic rings. The maximum atomic E-state index is 13.5. The summed E-state index contributed by atoms with van der Waals surface area (Å²) in [4.78, 5) is 27.4. The van der Waals surface area contributed by atoms with E-state index in [2.05, 4.69) is 5.32 Å². The number of carbonyl (C=O) groups excluding carboxylic acids is 2. The van der Waals surface area contributed by atoms with Gasteiger partial charge in [-0.15, -0.1) is 0 Å². The van der Waals surface area contributed by atoms with Gasteiger partial charge in [-0.2, -0.15) is 13.2 Å². The van der Waals surface area contributed by atoms with Gasteiger partial charge in [0.2, 0.25) is 0 Å². The summed E-state index contributed by atoms with van der Waals surface area (Å²) >= 11 is 0. The van der Waals surface area contributed by atoms with E-state index in [-0.39, 0.29) is 12.2 Å². The van der Waals surface area contributed by atoms with E-state index >= 15 is 0 Å². The molecule has 9 heteroatoms. The first-order valence-corrected chi connectivity index (χ1v) is 9.21. The number of anilines is 1. The zero-order valence-electron chi connectivity index (χ0n) is 16.1. The van der Waals surface area contributed by atoms with E-state index < -0.39 is 35.5 Å². The zero-order valence-corrected chi connectivity index (χ0v) is 16.1. The minimum atomic E-state index is -4.56. The molecule has 2 aliphatic heterocycles. The van der Waals surface area contributed by atoms with Gasteiger partial charge in [0.15, 0.2) is 0 Å². The third-order valence-corrected chi connectivity index (χ3v) is 4.80. The highest BCUT2D eigenvalue weighted by Gasteiger charge is 2.42. The van der Waals surface area contributed by atoms with Crippen molar-refractivity contribution in [3.63, 3.8) is 0 Å². The van der Waals surface area contributed by atoms with Crippen LogP contribution in [-0.2, 0) is 17.5 Å². The standard InChI is InChI=1S/C19H24F3N3O3/c1-18(2,3)28-17(27)24-9-7-13(8-10-24)25-15-12(11-23-16(25)26)5-4-6-14(15)19(20,21)22/h4-6,13H,7-11H2,1-3H3,(H,23,26). The number of piperidine rings is 1. The first kappa shape index (κ1) is 20.3. The summed E-state index contributed by atoms with van der Waals surface area (Å²) in [5, 5.41) is 2.64. The van der Waals surface area contributed by atoms with Crippen molar-refractivity contribution in [2.45, 2.75) is 58.0 Å².